The first-order valence-corrected chi connectivity index (χ1v) is 7.09. The summed E-state index contributed by atoms with van der Waals surface area (Å²) in [5.74, 6) is 0.199. The summed E-state index contributed by atoms with van der Waals surface area (Å²) in [5, 5.41) is 3.92. The Balaban J connectivity index is 1.82. The van der Waals surface area contributed by atoms with E-state index in [2.05, 4.69) is 5.10 Å². The SMILES string of the molecule is CCOC(=O)CC1CCC(n2ccc(C(F)F)n2)CC1. The van der Waals surface area contributed by atoms with Crippen molar-refractivity contribution in [1.29, 1.82) is 0 Å². The molecule has 0 N–H and O–H groups in total. The monoisotopic (exact) mass is 286 g/mol. The van der Waals surface area contributed by atoms with E-state index in [1.807, 2.05) is 0 Å². The molecule has 1 aromatic heterocycles. The maximum absolute atomic E-state index is 12.5. The van der Waals surface area contributed by atoms with Crippen LogP contribution >= 0.6 is 0 Å². The molecule has 1 aliphatic carbocycles. The molecular weight excluding hydrogens is 266 g/mol. The average molecular weight is 286 g/mol. The fourth-order valence-corrected chi connectivity index (χ4v) is 2.74. The van der Waals surface area contributed by atoms with Crippen molar-refractivity contribution in [1.82, 2.24) is 9.78 Å². The van der Waals surface area contributed by atoms with Crippen LogP contribution in [0.5, 0.6) is 0 Å². The number of alkyl halides is 2. The van der Waals surface area contributed by atoms with E-state index < -0.39 is 6.43 Å². The lowest BCUT2D eigenvalue weighted by Crippen LogP contribution is -2.21. The number of hydrogen-bond donors (Lipinski definition) is 0. The third kappa shape index (κ3) is 3.77. The minimum atomic E-state index is -2.52. The first-order valence-electron chi connectivity index (χ1n) is 7.09. The van der Waals surface area contributed by atoms with Crippen LogP contribution in [0, 0.1) is 5.92 Å². The van der Waals surface area contributed by atoms with Crippen LogP contribution in [0.25, 0.3) is 0 Å². The van der Waals surface area contributed by atoms with Crippen LogP contribution in [0.1, 0.15) is 57.2 Å². The van der Waals surface area contributed by atoms with Gasteiger partial charge in [0, 0.05) is 12.6 Å². The topological polar surface area (TPSA) is 44.1 Å². The Labute approximate surface area is 117 Å². The van der Waals surface area contributed by atoms with Gasteiger partial charge in [-0.05, 0) is 44.6 Å². The van der Waals surface area contributed by atoms with Crippen molar-refractivity contribution in [3.63, 3.8) is 0 Å². The van der Waals surface area contributed by atoms with Crippen molar-refractivity contribution < 1.29 is 18.3 Å². The lowest BCUT2D eigenvalue weighted by Gasteiger charge is -2.28. The molecule has 1 fully saturated rings. The summed E-state index contributed by atoms with van der Waals surface area (Å²) in [5.41, 5.74) is -0.168. The molecule has 0 atom stereocenters. The molecule has 1 aromatic rings. The third-order valence-corrected chi connectivity index (χ3v) is 3.80. The quantitative estimate of drug-likeness (QED) is 0.778. The van der Waals surface area contributed by atoms with E-state index in [0.29, 0.717) is 18.9 Å². The van der Waals surface area contributed by atoms with E-state index in [4.69, 9.17) is 4.74 Å². The second-order valence-corrected chi connectivity index (χ2v) is 5.21. The van der Waals surface area contributed by atoms with E-state index in [1.165, 1.54) is 6.07 Å². The van der Waals surface area contributed by atoms with Crippen LogP contribution in [0.4, 0.5) is 8.78 Å². The number of aromatic nitrogens is 2. The van der Waals surface area contributed by atoms with Gasteiger partial charge in [0.25, 0.3) is 6.43 Å². The zero-order valence-corrected chi connectivity index (χ0v) is 11.6. The fraction of sp³-hybridized carbons (Fsp3) is 0.714. The highest BCUT2D eigenvalue weighted by molar-refractivity contribution is 5.69. The third-order valence-electron chi connectivity index (χ3n) is 3.80. The van der Waals surface area contributed by atoms with Crippen LogP contribution in [0.3, 0.4) is 0 Å². The molecule has 1 heterocycles. The molecule has 1 saturated carbocycles. The van der Waals surface area contributed by atoms with Gasteiger partial charge in [-0.2, -0.15) is 5.10 Å². The van der Waals surface area contributed by atoms with E-state index in [9.17, 15) is 13.6 Å². The lowest BCUT2D eigenvalue weighted by molar-refractivity contribution is -0.144. The van der Waals surface area contributed by atoms with Crippen molar-refractivity contribution in [3.8, 4) is 0 Å². The van der Waals surface area contributed by atoms with Gasteiger partial charge in [0.15, 0.2) is 0 Å². The smallest absolute Gasteiger partial charge is 0.306 e. The first-order chi connectivity index (χ1) is 9.60. The van der Waals surface area contributed by atoms with Gasteiger partial charge in [0.1, 0.15) is 5.69 Å². The molecule has 0 bridgehead atoms. The highest BCUT2D eigenvalue weighted by atomic mass is 19.3. The van der Waals surface area contributed by atoms with E-state index in [0.717, 1.165) is 25.7 Å². The van der Waals surface area contributed by atoms with Gasteiger partial charge in [-0.15, -0.1) is 0 Å². The molecule has 0 unspecified atom stereocenters. The summed E-state index contributed by atoms with van der Waals surface area (Å²) >= 11 is 0. The van der Waals surface area contributed by atoms with Crippen molar-refractivity contribution in [2.24, 2.45) is 5.92 Å². The van der Waals surface area contributed by atoms with Crippen molar-refractivity contribution in [2.45, 2.75) is 51.5 Å². The second kappa shape index (κ2) is 6.81. The van der Waals surface area contributed by atoms with Gasteiger partial charge in [-0.3, -0.25) is 9.48 Å². The zero-order chi connectivity index (χ0) is 14.5. The second-order valence-electron chi connectivity index (χ2n) is 5.21. The Morgan fingerprint density at radius 2 is 2.15 bits per heavy atom. The standard InChI is InChI=1S/C14H20F2N2O2/c1-2-20-13(19)9-10-3-5-11(6-4-10)18-8-7-12(17-18)14(15)16/h7-8,10-11,14H,2-6,9H2,1H3. The molecule has 0 radical (unpaired) electrons. The molecule has 2 rings (SSSR count). The fourth-order valence-electron chi connectivity index (χ4n) is 2.74. The molecule has 6 heteroatoms. The van der Waals surface area contributed by atoms with Gasteiger partial charge in [-0.25, -0.2) is 8.78 Å². The Morgan fingerprint density at radius 1 is 1.45 bits per heavy atom. The Hall–Kier alpha value is -1.46. The molecule has 0 spiro atoms. The predicted molar refractivity (Wildman–Crippen MR) is 69.4 cm³/mol. The number of hydrogen-bond acceptors (Lipinski definition) is 3. The highest BCUT2D eigenvalue weighted by Gasteiger charge is 2.25. The number of ether oxygens (including phenoxy) is 1. The summed E-state index contributed by atoms with van der Waals surface area (Å²) < 4.78 is 31.6. The van der Waals surface area contributed by atoms with Crippen LogP contribution in [-0.2, 0) is 9.53 Å². The number of carbonyl (C=O) groups is 1. The largest absolute Gasteiger partial charge is 0.466 e. The normalized spacial score (nSPS) is 23.0. The summed E-state index contributed by atoms with van der Waals surface area (Å²) in [6.45, 7) is 2.21. The minimum absolute atomic E-state index is 0.143. The molecule has 20 heavy (non-hydrogen) atoms. The molecule has 4 nitrogen and oxygen atoms in total. The summed E-state index contributed by atoms with van der Waals surface area (Å²) in [6.07, 6.45) is 3.12. The first kappa shape index (κ1) is 14.9. The number of carbonyl (C=O) groups excluding carboxylic acids is 1. The Morgan fingerprint density at radius 3 is 2.70 bits per heavy atom. The van der Waals surface area contributed by atoms with Crippen LogP contribution in [0.15, 0.2) is 12.3 Å². The molecule has 0 aromatic carbocycles. The number of halogens is 2. The number of esters is 1. The predicted octanol–water partition coefficient (Wildman–Crippen LogP) is 3.51. The van der Waals surface area contributed by atoms with Crippen LogP contribution in [0.2, 0.25) is 0 Å². The van der Waals surface area contributed by atoms with Gasteiger partial charge < -0.3 is 4.74 Å². The maximum Gasteiger partial charge on any atom is 0.306 e. The summed E-state index contributed by atoms with van der Waals surface area (Å²) in [4.78, 5) is 11.4. The number of rotatable bonds is 5. The summed E-state index contributed by atoms with van der Waals surface area (Å²) in [6, 6.07) is 1.54. The van der Waals surface area contributed by atoms with E-state index in [-0.39, 0.29) is 17.7 Å². The minimum Gasteiger partial charge on any atom is -0.466 e. The van der Waals surface area contributed by atoms with Crippen LogP contribution in [-0.4, -0.2) is 22.4 Å². The van der Waals surface area contributed by atoms with E-state index >= 15 is 0 Å². The molecule has 1 aliphatic rings. The van der Waals surface area contributed by atoms with Gasteiger partial charge in [-0.1, -0.05) is 0 Å². The maximum atomic E-state index is 12.5. The lowest BCUT2D eigenvalue weighted by atomic mass is 9.84. The van der Waals surface area contributed by atoms with Crippen molar-refractivity contribution >= 4 is 5.97 Å². The Bertz CT molecular complexity index is 440. The van der Waals surface area contributed by atoms with Gasteiger partial charge in [0.05, 0.1) is 12.6 Å². The molecule has 0 amide bonds. The van der Waals surface area contributed by atoms with Gasteiger partial charge >= 0.3 is 5.97 Å². The zero-order valence-electron chi connectivity index (χ0n) is 11.6. The van der Waals surface area contributed by atoms with Gasteiger partial charge in [0.2, 0.25) is 0 Å². The molecule has 0 saturated heterocycles. The van der Waals surface area contributed by atoms with E-state index in [1.54, 1.807) is 17.8 Å². The summed E-state index contributed by atoms with van der Waals surface area (Å²) in [7, 11) is 0. The molecule has 112 valence electrons. The van der Waals surface area contributed by atoms with Crippen LogP contribution < -0.4 is 0 Å². The highest BCUT2D eigenvalue weighted by Crippen LogP contribution is 2.34. The molecule has 0 aliphatic heterocycles. The van der Waals surface area contributed by atoms with Crippen molar-refractivity contribution in [2.75, 3.05) is 6.61 Å². The number of nitrogens with zero attached hydrogens (tertiary/aromatic N) is 2. The Kier molecular flexibility index (Phi) is 5.09. The van der Waals surface area contributed by atoms with Crippen molar-refractivity contribution in [3.05, 3.63) is 18.0 Å². The molecular formula is C14H20F2N2O2. The average Bonchev–Trinajstić information content (AvgIpc) is 2.89.